The van der Waals surface area contributed by atoms with Gasteiger partial charge in [-0.25, -0.2) is 4.39 Å². The van der Waals surface area contributed by atoms with Crippen LogP contribution in [0.25, 0.3) is 0 Å². The molecule has 0 saturated carbocycles. The van der Waals surface area contributed by atoms with E-state index in [9.17, 15) is 9.50 Å². The van der Waals surface area contributed by atoms with Gasteiger partial charge in [-0.1, -0.05) is 6.07 Å². The first-order valence-corrected chi connectivity index (χ1v) is 10.1. The van der Waals surface area contributed by atoms with Gasteiger partial charge in [-0.2, -0.15) is 0 Å². The molecule has 2 fully saturated rings. The van der Waals surface area contributed by atoms with Crippen molar-refractivity contribution in [1.82, 2.24) is 14.7 Å². The Hall–Kier alpha value is -1.01. The number of likely N-dealkylation sites (tertiary alicyclic amines) is 1. The van der Waals surface area contributed by atoms with Gasteiger partial charge in [0, 0.05) is 51.9 Å². The van der Waals surface area contributed by atoms with Crippen LogP contribution in [0.3, 0.4) is 0 Å². The van der Waals surface area contributed by atoms with Crippen LogP contribution in [0.2, 0.25) is 0 Å². The molecule has 3 rings (SSSR count). The first kappa shape index (κ1) is 19.7. The molecule has 146 valence electrons. The van der Waals surface area contributed by atoms with Crippen LogP contribution in [-0.2, 0) is 6.54 Å². The molecule has 1 aromatic rings. The normalized spacial score (nSPS) is 26.3. The minimum Gasteiger partial charge on any atom is -0.396 e. The Morgan fingerprint density at radius 3 is 2.62 bits per heavy atom. The number of piperidine rings is 1. The smallest absolute Gasteiger partial charge is 0.123 e. The number of hydrogen-bond donors (Lipinski definition) is 1. The van der Waals surface area contributed by atoms with E-state index in [1.807, 2.05) is 13.0 Å². The second kappa shape index (κ2) is 9.27. The highest BCUT2D eigenvalue weighted by Crippen LogP contribution is 2.28. The molecule has 26 heavy (non-hydrogen) atoms. The van der Waals surface area contributed by atoms with Crippen molar-refractivity contribution in [3.63, 3.8) is 0 Å². The summed E-state index contributed by atoms with van der Waals surface area (Å²) in [6, 6.07) is 5.78. The molecule has 0 amide bonds. The highest BCUT2D eigenvalue weighted by molar-refractivity contribution is 5.26. The number of aryl methyl sites for hydroxylation is 1. The summed E-state index contributed by atoms with van der Waals surface area (Å²) in [5.41, 5.74) is 2.27. The zero-order valence-electron chi connectivity index (χ0n) is 16.3. The Labute approximate surface area is 157 Å². The maximum Gasteiger partial charge on any atom is 0.123 e. The summed E-state index contributed by atoms with van der Waals surface area (Å²) in [7, 11) is 2.20. The first-order chi connectivity index (χ1) is 12.6. The van der Waals surface area contributed by atoms with E-state index in [2.05, 4.69) is 21.7 Å². The first-order valence-electron chi connectivity index (χ1n) is 10.1. The third-order valence-electron chi connectivity index (χ3n) is 6.22. The second-order valence-electron chi connectivity index (χ2n) is 8.13. The summed E-state index contributed by atoms with van der Waals surface area (Å²) in [5.74, 6) is 0.459. The van der Waals surface area contributed by atoms with Crippen LogP contribution in [0, 0.1) is 18.7 Å². The van der Waals surface area contributed by atoms with Crippen molar-refractivity contribution < 1.29 is 9.50 Å². The van der Waals surface area contributed by atoms with Crippen LogP contribution in [0.15, 0.2) is 18.2 Å². The molecule has 2 atom stereocenters. The Kier molecular flexibility index (Phi) is 7.04. The second-order valence-corrected chi connectivity index (χ2v) is 8.13. The van der Waals surface area contributed by atoms with E-state index in [0.29, 0.717) is 12.0 Å². The van der Waals surface area contributed by atoms with Gasteiger partial charge >= 0.3 is 0 Å². The Morgan fingerprint density at radius 1 is 1.15 bits per heavy atom. The zero-order chi connectivity index (χ0) is 18.5. The van der Waals surface area contributed by atoms with Crippen LogP contribution in [0.4, 0.5) is 4.39 Å². The highest BCUT2D eigenvalue weighted by atomic mass is 19.1. The molecule has 2 saturated heterocycles. The predicted octanol–water partition coefficient (Wildman–Crippen LogP) is 2.34. The maximum absolute atomic E-state index is 13.4. The summed E-state index contributed by atoms with van der Waals surface area (Å²) >= 11 is 0. The van der Waals surface area contributed by atoms with E-state index in [1.54, 1.807) is 12.1 Å². The van der Waals surface area contributed by atoms with E-state index < -0.39 is 0 Å². The van der Waals surface area contributed by atoms with E-state index in [4.69, 9.17) is 0 Å². The molecule has 0 unspecified atom stereocenters. The Balaban J connectivity index is 1.63. The lowest BCUT2D eigenvalue weighted by atomic mass is 9.86. The van der Waals surface area contributed by atoms with Gasteiger partial charge < -0.3 is 10.0 Å². The zero-order valence-corrected chi connectivity index (χ0v) is 16.3. The summed E-state index contributed by atoms with van der Waals surface area (Å²) < 4.78 is 13.4. The average molecular weight is 364 g/mol. The SMILES string of the molecule is Cc1cc(F)ccc1CN1CC[C@@H](N2CCN(C)CC2)[C@@H](CCCO)C1. The van der Waals surface area contributed by atoms with Crippen molar-refractivity contribution in [2.75, 3.05) is 52.9 Å². The van der Waals surface area contributed by atoms with Crippen LogP contribution in [-0.4, -0.2) is 78.8 Å². The molecule has 0 aromatic heterocycles. The van der Waals surface area contributed by atoms with Crippen LogP contribution in [0.5, 0.6) is 0 Å². The number of aliphatic hydroxyl groups is 1. The monoisotopic (exact) mass is 363 g/mol. The third-order valence-corrected chi connectivity index (χ3v) is 6.22. The largest absolute Gasteiger partial charge is 0.396 e. The molecule has 1 aromatic carbocycles. The lowest BCUT2D eigenvalue weighted by Gasteiger charge is -2.46. The van der Waals surface area contributed by atoms with Crippen molar-refractivity contribution in [2.24, 2.45) is 5.92 Å². The van der Waals surface area contributed by atoms with E-state index in [1.165, 1.54) is 12.0 Å². The number of likely N-dealkylation sites (N-methyl/N-ethyl adjacent to an activating group) is 1. The predicted molar refractivity (Wildman–Crippen MR) is 104 cm³/mol. The summed E-state index contributed by atoms with van der Waals surface area (Å²) in [6.45, 7) is 9.99. The minimum absolute atomic E-state index is 0.152. The molecule has 5 heteroatoms. The fraction of sp³-hybridized carbons (Fsp3) is 0.714. The fourth-order valence-corrected chi connectivity index (χ4v) is 4.59. The van der Waals surface area contributed by atoms with E-state index >= 15 is 0 Å². The molecular weight excluding hydrogens is 329 g/mol. The van der Waals surface area contributed by atoms with Crippen LogP contribution < -0.4 is 0 Å². The third kappa shape index (κ3) is 5.03. The summed E-state index contributed by atoms with van der Waals surface area (Å²) in [4.78, 5) is 7.61. The number of benzene rings is 1. The molecule has 4 nitrogen and oxygen atoms in total. The van der Waals surface area contributed by atoms with Crippen LogP contribution >= 0.6 is 0 Å². The molecular formula is C21H34FN3O. The van der Waals surface area contributed by atoms with Gasteiger partial charge in [0.1, 0.15) is 5.82 Å². The molecule has 1 N–H and O–H groups in total. The van der Waals surface area contributed by atoms with Crippen LogP contribution in [0.1, 0.15) is 30.4 Å². The number of halogens is 1. The quantitative estimate of drug-likeness (QED) is 0.840. The van der Waals surface area contributed by atoms with Gasteiger partial charge in [0.05, 0.1) is 0 Å². The number of aliphatic hydroxyl groups excluding tert-OH is 1. The fourth-order valence-electron chi connectivity index (χ4n) is 4.59. The van der Waals surface area contributed by atoms with Gasteiger partial charge in [0.15, 0.2) is 0 Å². The molecule has 2 heterocycles. The Bertz CT molecular complexity index is 574. The summed E-state index contributed by atoms with van der Waals surface area (Å²) in [6.07, 6.45) is 3.17. The number of piperazine rings is 1. The van der Waals surface area contributed by atoms with Crippen molar-refractivity contribution in [1.29, 1.82) is 0 Å². The number of rotatable bonds is 6. The van der Waals surface area contributed by atoms with E-state index in [-0.39, 0.29) is 12.4 Å². The molecule has 0 spiro atoms. The lowest BCUT2D eigenvalue weighted by molar-refractivity contribution is 0.0211. The molecule has 0 aliphatic carbocycles. The highest BCUT2D eigenvalue weighted by Gasteiger charge is 2.34. The van der Waals surface area contributed by atoms with Gasteiger partial charge in [-0.3, -0.25) is 9.80 Å². The van der Waals surface area contributed by atoms with Gasteiger partial charge in [0.25, 0.3) is 0 Å². The Morgan fingerprint density at radius 2 is 1.92 bits per heavy atom. The molecule has 0 bridgehead atoms. The van der Waals surface area contributed by atoms with E-state index in [0.717, 1.165) is 64.2 Å². The van der Waals surface area contributed by atoms with Crippen molar-refractivity contribution in [3.8, 4) is 0 Å². The van der Waals surface area contributed by atoms with Gasteiger partial charge in [0.2, 0.25) is 0 Å². The van der Waals surface area contributed by atoms with Gasteiger partial charge in [-0.05, 0) is 69.0 Å². The topological polar surface area (TPSA) is 30.0 Å². The maximum atomic E-state index is 13.4. The average Bonchev–Trinajstić information content (AvgIpc) is 2.63. The standard InChI is InChI=1S/C21H34FN3O/c1-17-14-20(22)6-5-18(17)15-24-8-7-21(19(16-24)4-3-13-26)25-11-9-23(2)10-12-25/h5-6,14,19,21,26H,3-4,7-13,15-16H2,1-2H3/t19-,21+/m0/s1. The van der Waals surface area contributed by atoms with Crippen molar-refractivity contribution >= 4 is 0 Å². The molecule has 0 radical (unpaired) electrons. The van der Waals surface area contributed by atoms with Gasteiger partial charge in [-0.15, -0.1) is 0 Å². The van der Waals surface area contributed by atoms with Crippen molar-refractivity contribution in [3.05, 3.63) is 35.1 Å². The summed E-state index contributed by atoms with van der Waals surface area (Å²) in [5, 5.41) is 9.32. The minimum atomic E-state index is -0.152. The molecule has 2 aliphatic rings. The van der Waals surface area contributed by atoms with Crippen molar-refractivity contribution in [2.45, 2.75) is 38.8 Å². The molecule has 2 aliphatic heterocycles. The number of nitrogens with zero attached hydrogens (tertiary/aromatic N) is 3. The number of hydrogen-bond acceptors (Lipinski definition) is 4. The lowest BCUT2D eigenvalue weighted by Crippen LogP contribution is -2.56.